The normalized spacial score (nSPS) is 17.9. The van der Waals surface area contributed by atoms with Gasteiger partial charge in [0.15, 0.2) is 5.78 Å². The number of nitrogen functional groups attached to an aromatic ring is 1. The van der Waals surface area contributed by atoms with Crippen LogP contribution in [0.5, 0.6) is 0 Å². The van der Waals surface area contributed by atoms with Gasteiger partial charge in [0.2, 0.25) is 0 Å². The SMILES string of the molecule is Nc1nccc2c1CCC2CC(=O)c1cn(Cc2cn3cc(C4CC4)ccc3n2)nn1. The van der Waals surface area contributed by atoms with E-state index < -0.39 is 0 Å². The minimum absolute atomic E-state index is 0.00330. The largest absolute Gasteiger partial charge is 0.383 e. The zero-order chi connectivity index (χ0) is 20.9. The van der Waals surface area contributed by atoms with Crippen LogP contribution in [0.25, 0.3) is 5.65 Å². The van der Waals surface area contributed by atoms with Crippen molar-refractivity contribution in [3.05, 3.63) is 71.1 Å². The van der Waals surface area contributed by atoms with Gasteiger partial charge >= 0.3 is 0 Å². The number of pyridine rings is 2. The maximum absolute atomic E-state index is 12.8. The Bertz CT molecular complexity index is 1300. The average Bonchev–Trinajstić information content (AvgIpc) is 3.17. The van der Waals surface area contributed by atoms with E-state index in [1.54, 1.807) is 17.1 Å². The van der Waals surface area contributed by atoms with E-state index in [2.05, 4.69) is 43.0 Å². The lowest BCUT2D eigenvalue weighted by atomic mass is 9.95. The van der Waals surface area contributed by atoms with Crippen molar-refractivity contribution in [2.45, 2.75) is 50.5 Å². The van der Waals surface area contributed by atoms with Crippen molar-refractivity contribution < 1.29 is 4.79 Å². The minimum atomic E-state index is 0.00330. The number of imidazole rings is 1. The zero-order valence-electron chi connectivity index (χ0n) is 17.1. The van der Waals surface area contributed by atoms with E-state index >= 15 is 0 Å². The number of carbonyl (C=O) groups excluding carboxylic acids is 1. The van der Waals surface area contributed by atoms with Crippen LogP contribution in [-0.2, 0) is 13.0 Å². The summed E-state index contributed by atoms with van der Waals surface area (Å²) in [6, 6.07) is 6.21. The van der Waals surface area contributed by atoms with Crippen LogP contribution < -0.4 is 5.73 Å². The molecule has 6 rings (SSSR count). The highest BCUT2D eigenvalue weighted by Crippen LogP contribution is 2.40. The molecule has 0 amide bonds. The Labute approximate surface area is 179 Å². The van der Waals surface area contributed by atoms with E-state index in [0.717, 1.165) is 35.3 Å². The van der Waals surface area contributed by atoms with Gasteiger partial charge in [0, 0.05) is 25.0 Å². The first kappa shape index (κ1) is 18.2. The summed E-state index contributed by atoms with van der Waals surface area (Å²) in [7, 11) is 0. The standard InChI is InChI=1S/C23H23N7O/c24-23-19-5-3-15(18(19)7-8-25-23)9-21(31)20-13-30(28-27-20)12-17-11-29-10-16(14-1-2-14)4-6-22(29)26-17/h4,6-8,10-11,13-15H,1-3,5,9,12H2,(H2,24,25). The number of fused-ring (bicyclic) bond motifs is 2. The lowest BCUT2D eigenvalue weighted by Crippen LogP contribution is -2.06. The molecular formula is C23H23N7O. The Morgan fingerprint density at radius 2 is 2.03 bits per heavy atom. The molecular weight excluding hydrogens is 390 g/mol. The molecule has 4 aromatic heterocycles. The molecule has 1 unspecified atom stereocenters. The number of aromatic nitrogens is 6. The number of nitrogens with zero attached hydrogens (tertiary/aromatic N) is 6. The topological polar surface area (TPSA) is 104 Å². The first-order chi connectivity index (χ1) is 15.1. The molecule has 156 valence electrons. The molecule has 31 heavy (non-hydrogen) atoms. The van der Waals surface area contributed by atoms with Crippen molar-refractivity contribution in [2.24, 2.45) is 0 Å². The second-order valence-electron chi connectivity index (χ2n) is 8.66. The molecule has 8 nitrogen and oxygen atoms in total. The van der Waals surface area contributed by atoms with E-state index in [-0.39, 0.29) is 11.7 Å². The highest BCUT2D eigenvalue weighted by atomic mass is 16.1. The van der Waals surface area contributed by atoms with Gasteiger partial charge in [-0.3, -0.25) is 4.79 Å². The van der Waals surface area contributed by atoms with Gasteiger partial charge in [0.1, 0.15) is 17.2 Å². The number of carbonyl (C=O) groups is 1. The predicted octanol–water partition coefficient (Wildman–Crippen LogP) is 3.13. The van der Waals surface area contributed by atoms with Crippen LogP contribution >= 0.6 is 0 Å². The summed E-state index contributed by atoms with van der Waals surface area (Å²) < 4.78 is 3.76. The van der Waals surface area contributed by atoms with Crippen LogP contribution in [0.15, 0.2) is 43.0 Å². The Balaban J connectivity index is 1.16. The summed E-state index contributed by atoms with van der Waals surface area (Å²) in [6.45, 7) is 0.481. The number of rotatable bonds is 6. The molecule has 1 atom stereocenters. The van der Waals surface area contributed by atoms with Crippen LogP contribution in [0.2, 0.25) is 0 Å². The molecule has 2 aliphatic carbocycles. The second-order valence-corrected chi connectivity index (χ2v) is 8.66. The molecule has 0 spiro atoms. The van der Waals surface area contributed by atoms with Crippen LogP contribution in [0.3, 0.4) is 0 Å². The van der Waals surface area contributed by atoms with Crippen LogP contribution in [0.4, 0.5) is 5.82 Å². The van der Waals surface area contributed by atoms with E-state index in [4.69, 9.17) is 5.73 Å². The first-order valence-electron chi connectivity index (χ1n) is 10.8. The maximum Gasteiger partial charge on any atom is 0.185 e. The summed E-state index contributed by atoms with van der Waals surface area (Å²) in [5.74, 6) is 1.45. The zero-order valence-corrected chi connectivity index (χ0v) is 17.1. The summed E-state index contributed by atoms with van der Waals surface area (Å²) in [5.41, 5.74) is 11.8. The van der Waals surface area contributed by atoms with E-state index in [0.29, 0.717) is 30.4 Å². The fourth-order valence-corrected chi connectivity index (χ4v) is 4.66. The third-order valence-electron chi connectivity index (χ3n) is 6.46. The van der Waals surface area contributed by atoms with Crippen LogP contribution in [0, 0.1) is 0 Å². The molecule has 0 radical (unpaired) electrons. The number of anilines is 1. The molecule has 2 N–H and O–H groups in total. The number of hydrogen-bond donors (Lipinski definition) is 1. The molecule has 0 saturated heterocycles. The fourth-order valence-electron chi connectivity index (χ4n) is 4.66. The Kier molecular flexibility index (Phi) is 4.12. The molecule has 4 aromatic rings. The third kappa shape index (κ3) is 3.37. The molecule has 0 bridgehead atoms. The van der Waals surface area contributed by atoms with Crippen molar-refractivity contribution in [3.8, 4) is 0 Å². The third-order valence-corrected chi connectivity index (χ3v) is 6.46. The number of hydrogen-bond acceptors (Lipinski definition) is 6. The van der Waals surface area contributed by atoms with Gasteiger partial charge < -0.3 is 10.1 Å². The van der Waals surface area contributed by atoms with Crippen molar-refractivity contribution >= 4 is 17.2 Å². The minimum Gasteiger partial charge on any atom is -0.383 e. The van der Waals surface area contributed by atoms with Gasteiger partial charge in [-0.1, -0.05) is 11.3 Å². The van der Waals surface area contributed by atoms with Gasteiger partial charge in [-0.15, -0.1) is 5.10 Å². The highest BCUT2D eigenvalue weighted by molar-refractivity contribution is 5.94. The Hall–Kier alpha value is -3.55. The molecule has 8 heteroatoms. The van der Waals surface area contributed by atoms with Gasteiger partial charge in [-0.25, -0.2) is 14.6 Å². The lowest BCUT2D eigenvalue weighted by Gasteiger charge is -2.09. The van der Waals surface area contributed by atoms with Crippen molar-refractivity contribution in [1.29, 1.82) is 0 Å². The van der Waals surface area contributed by atoms with Gasteiger partial charge in [0.25, 0.3) is 0 Å². The van der Waals surface area contributed by atoms with Crippen molar-refractivity contribution in [2.75, 3.05) is 5.73 Å². The van der Waals surface area contributed by atoms with E-state index in [1.165, 1.54) is 18.4 Å². The quantitative estimate of drug-likeness (QED) is 0.487. The lowest BCUT2D eigenvalue weighted by molar-refractivity contribution is 0.0968. The van der Waals surface area contributed by atoms with Crippen molar-refractivity contribution in [1.82, 2.24) is 29.4 Å². The Morgan fingerprint density at radius 3 is 2.90 bits per heavy atom. The number of ketones is 1. The van der Waals surface area contributed by atoms with Crippen LogP contribution in [-0.4, -0.2) is 35.1 Å². The molecule has 1 fully saturated rings. The van der Waals surface area contributed by atoms with Crippen molar-refractivity contribution in [3.63, 3.8) is 0 Å². The molecule has 0 aromatic carbocycles. The summed E-state index contributed by atoms with van der Waals surface area (Å²) in [6.07, 6.45) is 12.4. The van der Waals surface area contributed by atoms with E-state index in [1.807, 2.05) is 12.3 Å². The maximum atomic E-state index is 12.8. The monoisotopic (exact) mass is 413 g/mol. The fraction of sp³-hybridized carbons (Fsp3) is 0.348. The average molecular weight is 413 g/mol. The highest BCUT2D eigenvalue weighted by Gasteiger charge is 2.28. The first-order valence-corrected chi connectivity index (χ1v) is 10.8. The Morgan fingerprint density at radius 1 is 1.13 bits per heavy atom. The number of nitrogens with two attached hydrogens (primary N) is 1. The molecule has 4 heterocycles. The summed E-state index contributed by atoms with van der Waals surface area (Å²) in [5, 5.41) is 8.28. The molecule has 2 aliphatic rings. The van der Waals surface area contributed by atoms with Gasteiger partial charge in [-0.2, -0.15) is 0 Å². The molecule has 1 saturated carbocycles. The van der Waals surface area contributed by atoms with E-state index in [9.17, 15) is 4.79 Å². The molecule has 0 aliphatic heterocycles. The van der Waals surface area contributed by atoms with Gasteiger partial charge in [-0.05, 0) is 66.3 Å². The predicted molar refractivity (Wildman–Crippen MR) is 115 cm³/mol. The summed E-state index contributed by atoms with van der Waals surface area (Å²) in [4.78, 5) is 21.7. The number of Topliss-reactive ketones (excluding diaryl/α,β-unsaturated/α-hetero) is 1. The second kappa shape index (κ2) is 7.01. The summed E-state index contributed by atoms with van der Waals surface area (Å²) >= 11 is 0. The van der Waals surface area contributed by atoms with Gasteiger partial charge in [0.05, 0.1) is 18.4 Å². The van der Waals surface area contributed by atoms with Crippen LogP contribution in [0.1, 0.15) is 70.4 Å². The smallest absolute Gasteiger partial charge is 0.185 e.